The van der Waals surface area contributed by atoms with Crippen molar-refractivity contribution < 1.29 is 14.3 Å². The third-order valence-electron chi connectivity index (χ3n) is 5.14. The van der Waals surface area contributed by atoms with E-state index in [0.29, 0.717) is 36.2 Å². The van der Waals surface area contributed by atoms with Crippen molar-refractivity contribution in [3.05, 3.63) is 58.2 Å². The highest BCUT2D eigenvalue weighted by atomic mass is 35.5. The molecule has 0 fully saturated rings. The number of aromatic nitrogens is 1. The molecule has 0 unspecified atom stereocenters. The van der Waals surface area contributed by atoms with Crippen LogP contribution >= 0.6 is 11.6 Å². The Kier molecular flexibility index (Phi) is 5.05. The minimum absolute atomic E-state index is 0.105. The highest BCUT2D eigenvalue weighted by molar-refractivity contribution is 6.31. The highest BCUT2D eigenvalue weighted by Crippen LogP contribution is 2.31. The van der Waals surface area contributed by atoms with Crippen LogP contribution in [0.1, 0.15) is 16.8 Å². The van der Waals surface area contributed by atoms with Crippen LogP contribution in [0.15, 0.2) is 36.4 Å². The molecule has 0 atom stereocenters. The quantitative estimate of drug-likeness (QED) is 0.693. The Morgan fingerprint density at radius 3 is 2.89 bits per heavy atom. The molecule has 4 rings (SSSR count). The summed E-state index contributed by atoms with van der Waals surface area (Å²) in [5.74, 6) is 1.28. The zero-order valence-corrected chi connectivity index (χ0v) is 16.6. The number of hydrogen-bond acceptors (Lipinski definition) is 3. The van der Waals surface area contributed by atoms with Gasteiger partial charge in [-0.3, -0.25) is 0 Å². The topological polar surface area (TPSA) is 66.6 Å². The number of carbonyl (C=O) groups is 1. The van der Waals surface area contributed by atoms with Crippen LogP contribution in [0.4, 0.5) is 4.79 Å². The van der Waals surface area contributed by atoms with E-state index in [2.05, 4.69) is 10.3 Å². The van der Waals surface area contributed by atoms with Gasteiger partial charge in [-0.25, -0.2) is 4.79 Å². The molecule has 3 aromatic rings. The maximum absolute atomic E-state index is 12.8. The minimum atomic E-state index is -0.105. The van der Waals surface area contributed by atoms with E-state index in [1.165, 1.54) is 5.69 Å². The van der Waals surface area contributed by atoms with E-state index in [4.69, 9.17) is 21.1 Å². The number of carbonyl (C=O) groups excluding carboxylic acids is 1. The van der Waals surface area contributed by atoms with Crippen molar-refractivity contribution in [3.63, 3.8) is 0 Å². The molecule has 2 amide bonds. The summed E-state index contributed by atoms with van der Waals surface area (Å²) in [6, 6.07) is 11.3. The van der Waals surface area contributed by atoms with Gasteiger partial charge in [0.15, 0.2) is 11.5 Å². The number of urea groups is 1. The maximum atomic E-state index is 12.8. The Morgan fingerprint density at radius 1 is 1.25 bits per heavy atom. The fourth-order valence-corrected chi connectivity index (χ4v) is 3.91. The molecule has 0 saturated heterocycles. The maximum Gasteiger partial charge on any atom is 0.317 e. The molecule has 6 nitrogen and oxygen atoms in total. The summed E-state index contributed by atoms with van der Waals surface area (Å²) < 4.78 is 10.8. The van der Waals surface area contributed by atoms with Crippen molar-refractivity contribution in [2.45, 2.75) is 19.5 Å². The van der Waals surface area contributed by atoms with Gasteiger partial charge < -0.3 is 24.7 Å². The summed E-state index contributed by atoms with van der Waals surface area (Å²) in [7, 11) is 3.19. The van der Waals surface area contributed by atoms with E-state index in [0.717, 1.165) is 28.5 Å². The fourth-order valence-electron chi connectivity index (χ4n) is 3.74. The van der Waals surface area contributed by atoms with Crippen molar-refractivity contribution in [2.24, 2.45) is 0 Å². The standard InChI is InChI=1S/C21H22ClN3O3/c1-27-19-5-3-4-13(20(19)28-2)11-23-21(26)25-9-8-18-16(12-25)15-10-14(22)6-7-17(15)24-18/h3-7,10,24H,8-9,11-12H2,1-2H3,(H,23,26). The zero-order chi connectivity index (χ0) is 19.7. The number of halogens is 1. The normalized spacial score (nSPS) is 13.3. The highest BCUT2D eigenvalue weighted by Gasteiger charge is 2.24. The number of H-pyrrole nitrogens is 1. The Labute approximate surface area is 168 Å². The van der Waals surface area contributed by atoms with Crippen LogP contribution in [0.2, 0.25) is 5.02 Å². The molecule has 0 aliphatic carbocycles. The second-order valence-corrected chi connectivity index (χ2v) is 7.19. The van der Waals surface area contributed by atoms with Gasteiger partial charge in [-0.2, -0.15) is 0 Å². The van der Waals surface area contributed by atoms with E-state index in [-0.39, 0.29) is 6.03 Å². The van der Waals surface area contributed by atoms with Crippen LogP contribution in [0, 0.1) is 0 Å². The van der Waals surface area contributed by atoms with Crippen molar-refractivity contribution >= 4 is 28.5 Å². The van der Waals surface area contributed by atoms with Gasteiger partial charge in [-0.05, 0) is 24.3 Å². The number of rotatable bonds is 4. The predicted octanol–water partition coefficient (Wildman–Crippen LogP) is 4.11. The minimum Gasteiger partial charge on any atom is -0.493 e. The van der Waals surface area contributed by atoms with E-state index >= 15 is 0 Å². The van der Waals surface area contributed by atoms with Gasteiger partial charge >= 0.3 is 6.03 Å². The Morgan fingerprint density at radius 2 is 2.11 bits per heavy atom. The van der Waals surface area contributed by atoms with Gasteiger partial charge in [-0.1, -0.05) is 23.7 Å². The van der Waals surface area contributed by atoms with Crippen molar-refractivity contribution in [1.82, 2.24) is 15.2 Å². The Bertz CT molecular complexity index is 1030. The lowest BCUT2D eigenvalue weighted by Gasteiger charge is -2.27. The predicted molar refractivity (Wildman–Crippen MR) is 109 cm³/mol. The molecule has 1 aliphatic heterocycles. The average Bonchev–Trinajstić information content (AvgIpc) is 3.08. The molecule has 2 heterocycles. The van der Waals surface area contributed by atoms with Gasteiger partial charge in [0.25, 0.3) is 0 Å². The molecule has 0 bridgehead atoms. The molecule has 2 N–H and O–H groups in total. The number of nitrogens with one attached hydrogen (secondary N) is 2. The van der Waals surface area contributed by atoms with Gasteiger partial charge in [0.2, 0.25) is 0 Å². The Hall–Kier alpha value is -2.86. The van der Waals surface area contributed by atoms with Gasteiger partial charge in [-0.15, -0.1) is 0 Å². The first-order valence-electron chi connectivity index (χ1n) is 9.12. The van der Waals surface area contributed by atoms with Crippen molar-refractivity contribution in [2.75, 3.05) is 20.8 Å². The first kappa shape index (κ1) is 18.5. The molecule has 146 valence electrons. The van der Waals surface area contributed by atoms with Crippen molar-refractivity contribution in [1.29, 1.82) is 0 Å². The second kappa shape index (κ2) is 7.64. The van der Waals surface area contributed by atoms with Crippen LogP contribution in [0.3, 0.4) is 0 Å². The van der Waals surface area contributed by atoms with Crippen molar-refractivity contribution in [3.8, 4) is 11.5 Å². The number of ether oxygens (including phenoxy) is 2. The summed E-state index contributed by atoms with van der Waals surface area (Å²) in [6.07, 6.45) is 0.789. The smallest absolute Gasteiger partial charge is 0.317 e. The molecule has 7 heteroatoms. The molecular weight excluding hydrogens is 378 g/mol. The summed E-state index contributed by atoms with van der Waals surface area (Å²) in [5, 5.41) is 4.77. The number of nitrogens with zero attached hydrogens (tertiary/aromatic N) is 1. The SMILES string of the molecule is COc1cccc(CNC(=O)N2CCc3[nH]c4ccc(Cl)cc4c3C2)c1OC. The van der Waals surface area contributed by atoms with E-state index in [1.807, 2.05) is 41.3 Å². The lowest BCUT2D eigenvalue weighted by molar-refractivity contribution is 0.192. The van der Waals surface area contributed by atoms with Gasteiger partial charge in [0, 0.05) is 58.8 Å². The van der Waals surface area contributed by atoms with E-state index < -0.39 is 0 Å². The second-order valence-electron chi connectivity index (χ2n) is 6.75. The molecule has 0 radical (unpaired) electrons. The number of fused-ring (bicyclic) bond motifs is 3. The molecule has 0 saturated carbocycles. The summed E-state index contributed by atoms with van der Waals surface area (Å²) >= 11 is 6.16. The van der Waals surface area contributed by atoms with Crippen LogP contribution in [-0.2, 0) is 19.5 Å². The molecule has 2 aromatic carbocycles. The molecule has 28 heavy (non-hydrogen) atoms. The zero-order valence-electron chi connectivity index (χ0n) is 15.8. The summed E-state index contributed by atoms with van der Waals surface area (Å²) in [4.78, 5) is 18.0. The number of methoxy groups -OCH3 is 2. The van der Waals surface area contributed by atoms with Gasteiger partial charge in [0.05, 0.1) is 14.2 Å². The molecule has 0 spiro atoms. The number of para-hydroxylation sites is 1. The molecule has 1 aromatic heterocycles. The Balaban J connectivity index is 1.49. The first-order valence-corrected chi connectivity index (χ1v) is 9.50. The lowest BCUT2D eigenvalue weighted by Crippen LogP contribution is -2.42. The number of aromatic amines is 1. The fraction of sp³-hybridized carbons (Fsp3) is 0.286. The average molecular weight is 400 g/mol. The first-order chi connectivity index (χ1) is 13.6. The summed E-state index contributed by atoms with van der Waals surface area (Å²) in [6.45, 7) is 1.58. The lowest BCUT2D eigenvalue weighted by atomic mass is 10.0. The molecular formula is C21H22ClN3O3. The van der Waals surface area contributed by atoms with Crippen LogP contribution in [0.25, 0.3) is 10.9 Å². The van der Waals surface area contributed by atoms with Crippen LogP contribution < -0.4 is 14.8 Å². The number of benzene rings is 2. The monoisotopic (exact) mass is 399 g/mol. The number of hydrogen-bond donors (Lipinski definition) is 2. The van der Waals surface area contributed by atoms with Gasteiger partial charge in [0.1, 0.15) is 0 Å². The van der Waals surface area contributed by atoms with Crippen LogP contribution in [0.5, 0.6) is 11.5 Å². The number of amides is 2. The van der Waals surface area contributed by atoms with Crippen LogP contribution in [-0.4, -0.2) is 36.7 Å². The van der Waals surface area contributed by atoms with E-state index in [9.17, 15) is 4.79 Å². The molecule has 1 aliphatic rings. The third kappa shape index (κ3) is 3.36. The summed E-state index contributed by atoms with van der Waals surface area (Å²) in [5.41, 5.74) is 4.23. The largest absolute Gasteiger partial charge is 0.493 e. The third-order valence-corrected chi connectivity index (χ3v) is 5.37. The van der Waals surface area contributed by atoms with E-state index in [1.54, 1.807) is 14.2 Å².